The van der Waals surface area contributed by atoms with Gasteiger partial charge < -0.3 is 20.7 Å². The van der Waals surface area contributed by atoms with Gasteiger partial charge in [0.15, 0.2) is 0 Å². The molecule has 0 aliphatic carbocycles. The Balaban J connectivity index is 1.59. The number of nitrogens with one attached hydrogen (secondary N) is 3. The van der Waals surface area contributed by atoms with Gasteiger partial charge in [-0.1, -0.05) is 13.3 Å². The Bertz CT molecular complexity index is 354. The smallest absolute Gasteiger partial charge is 0.315 e. The maximum atomic E-state index is 11.8. The zero-order valence-corrected chi connectivity index (χ0v) is 12.6. The van der Waals surface area contributed by atoms with Crippen LogP contribution in [0, 0.1) is 0 Å². The van der Waals surface area contributed by atoms with Crippen LogP contribution in [0.5, 0.6) is 0 Å². The predicted molar refractivity (Wildman–Crippen MR) is 78.8 cm³/mol. The summed E-state index contributed by atoms with van der Waals surface area (Å²) in [6.45, 7) is 3.99. The van der Waals surface area contributed by atoms with E-state index in [-0.39, 0.29) is 29.3 Å². The lowest BCUT2D eigenvalue weighted by atomic mass is 10.1. The molecule has 3 atom stereocenters. The van der Waals surface area contributed by atoms with Gasteiger partial charge in [0, 0.05) is 30.6 Å². The normalized spacial score (nSPS) is 27.9. The highest BCUT2D eigenvalue weighted by Gasteiger charge is 2.43. The van der Waals surface area contributed by atoms with E-state index in [1.807, 2.05) is 0 Å². The molecule has 2 rings (SSSR count). The summed E-state index contributed by atoms with van der Waals surface area (Å²) < 4.78 is 5.39. The van der Waals surface area contributed by atoms with Gasteiger partial charge in [0.1, 0.15) is 0 Å². The molecule has 1 unspecified atom stereocenters. The molecule has 2 fully saturated rings. The molecule has 20 heavy (non-hydrogen) atoms. The van der Waals surface area contributed by atoms with Crippen molar-refractivity contribution in [3.63, 3.8) is 0 Å². The number of thioether (sulfide) groups is 1. The first-order valence-corrected chi connectivity index (χ1v) is 8.28. The Kier molecular flexibility index (Phi) is 5.97. The molecule has 2 heterocycles. The highest BCUT2D eigenvalue weighted by atomic mass is 32.2. The summed E-state index contributed by atoms with van der Waals surface area (Å²) >= 11 is 1.75. The molecule has 3 amide bonds. The Hall–Kier alpha value is -0.950. The topological polar surface area (TPSA) is 79.5 Å². The third kappa shape index (κ3) is 4.28. The van der Waals surface area contributed by atoms with Crippen LogP contribution in [0.3, 0.4) is 0 Å². The second-order valence-electron chi connectivity index (χ2n) is 5.14. The van der Waals surface area contributed by atoms with Crippen molar-refractivity contribution in [3.05, 3.63) is 0 Å². The largest absolute Gasteiger partial charge is 0.380 e. The van der Waals surface area contributed by atoms with Crippen LogP contribution in [0.4, 0.5) is 4.79 Å². The SMILES string of the molecule is CCCCOCCNC(=O)CC1SC[C@@H]2NC(=O)N[C@H]12. The lowest BCUT2D eigenvalue weighted by Crippen LogP contribution is -2.40. The number of rotatable bonds is 8. The standard InChI is InChI=1S/C13H23N3O3S/c1-2-3-5-19-6-4-14-11(17)7-10-12-9(8-20-10)15-13(18)16-12/h9-10,12H,2-8H2,1H3,(H,14,17)(H2,15,16,18)/t9-,10?,12-/m0/s1. The molecular formula is C13H23N3O3S. The van der Waals surface area contributed by atoms with E-state index in [4.69, 9.17) is 4.74 Å². The molecule has 2 aliphatic rings. The molecule has 2 aliphatic heterocycles. The third-order valence-electron chi connectivity index (χ3n) is 3.54. The first-order valence-electron chi connectivity index (χ1n) is 7.23. The lowest BCUT2D eigenvalue weighted by molar-refractivity contribution is -0.121. The van der Waals surface area contributed by atoms with E-state index in [9.17, 15) is 9.59 Å². The third-order valence-corrected chi connectivity index (χ3v) is 4.98. The second-order valence-corrected chi connectivity index (χ2v) is 6.41. The number of urea groups is 1. The number of unbranched alkanes of at least 4 members (excludes halogenated alkanes) is 1. The molecule has 0 aromatic rings. The number of amides is 3. The summed E-state index contributed by atoms with van der Waals surface area (Å²) in [5.41, 5.74) is 0. The van der Waals surface area contributed by atoms with E-state index in [0.29, 0.717) is 19.6 Å². The fourth-order valence-corrected chi connectivity index (χ4v) is 3.91. The average Bonchev–Trinajstić information content (AvgIpc) is 2.94. The van der Waals surface area contributed by atoms with Crippen LogP contribution in [0.1, 0.15) is 26.2 Å². The van der Waals surface area contributed by atoms with Crippen LogP contribution in [0.2, 0.25) is 0 Å². The van der Waals surface area contributed by atoms with Gasteiger partial charge in [0.2, 0.25) is 5.91 Å². The minimum Gasteiger partial charge on any atom is -0.380 e. The van der Waals surface area contributed by atoms with Crippen molar-refractivity contribution in [3.8, 4) is 0 Å². The molecule has 3 N–H and O–H groups in total. The van der Waals surface area contributed by atoms with Gasteiger partial charge in [-0.15, -0.1) is 0 Å². The number of carbonyl (C=O) groups is 2. The molecule has 0 spiro atoms. The molecule has 0 bridgehead atoms. The average molecular weight is 301 g/mol. The van der Waals surface area contributed by atoms with Crippen molar-refractivity contribution >= 4 is 23.7 Å². The van der Waals surface area contributed by atoms with Crippen LogP contribution in [-0.4, -0.2) is 54.8 Å². The summed E-state index contributed by atoms with van der Waals surface area (Å²) in [6.07, 6.45) is 2.62. The Morgan fingerprint density at radius 2 is 2.30 bits per heavy atom. The molecule has 2 saturated heterocycles. The van der Waals surface area contributed by atoms with Crippen molar-refractivity contribution in [2.45, 2.75) is 43.5 Å². The minimum atomic E-state index is -0.116. The van der Waals surface area contributed by atoms with E-state index in [1.54, 1.807) is 11.8 Å². The van der Waals surface area contributed by atoms with E-state index in [2.05, 4.69) is 22.9 Å². The number of carbonyl (C=O) groups excluding carboxylic acids is 2. The predicted octanol–water partition coefficient (Wildman–Crippen LogP) is 0.475. The van der Waals surface area contributed by atoms with Gasteiger partial charge in [-0.05, 0) is 6.42 Å². The lowest BCUT2D eigenvalue weighted by Gasteiger charge is -2.16. The van der Waals surface area contributed by atoms with Crippen molar-refractivity contribution < 1.29 is 14.3 Å². The maximum Gasteiger partial charge on any atom is 0.315 e. The van der Waals surface area contributed by atoms with Gasteiger partial charge in [-0.25, -0.2) is 4.79 Å². The van der Waals surface area contributed by atoms with Crippen molar-refractivity contribution in [1.29, 1.82) is 0 Å². The van der Waals surface area contributed by atoms with E-state index in [1.165, 1.54) is 0 Å². The van der Waals surface area contributed by atoms with Crippen molar-refractivity contribution in [1.82, 2.24) is 16.0 Å². The molecule has 0 aromatic carbocycles. The van der Waals surface area contributed by atoms with Crippen LogP contribution < -0.4 is 16.0 Å². The highest BCUT2D eigenvalue weighted by Crippen LogP contribution is 2.31. The quantitative estimate of drug-likeness (QED) is 0.450. The zero-order valence-electron chi connectivity index (χ0n) is 11.8. The number of fused-ring (bicyclic) bond motifs is 1. The molecule has 0 radical (unpaired) electrons. The number of ether oxygens (including phenoxy) is 1. The van der Waals surface area contributed by atoms with Crippen molar-refractivity contribution in [2.75, 3.05) is 25.5 Å². The molecule has 0 saturated carbocycles. The molecule has 7 heteroatoms. The van der Waals surface area contributed by atoms with Crippen LogP contribution in [0.25, 0.3) is 0 Å². The van der Waals surface area contributed by atoms with E-state index in [0.717, 1.165) is 25.2 Å². The fraction of sp³-hybridized carbons (Fsp3) is 0.846. The van der Waals surface area contributed by atoms with Crippen LogP contribution >= 0.6 is 11.8 Å². The van der Waals surface area contributed by atoms with Gasteiger partial charge in [0.25, 0.3) is 0 Å². The molecule has 0 aromatic heterocycles. The highest BCUT2D eigenvalue weighted by molar-refractivity contribution is 8.00. The van der Waals surface area contributed by atoms with Gasteiger partial charge in [-0.3, -0.25) is 4.79 Å². The second kappa shape index (κ2) is 7.73. The molecular weight excluding hydrogens is 278 g/mol. The summed E-state index contributed by atoms with van der Waals surface area (Å²) in [4.78, 5) is 23.1. The van der Waals surface area contributed by atoms with Gasteiger partial charge >= 0.3 is 6.03 Å². The first-order chi connectivity index (χ1) is 9.70. The molecule has 6 nitrogen and oxygen atoms in total. The monoisotopic (exact) mass is 301 g/mol. The summed E-state index contributed by atoms with van der Waals surface area (Å²) in [5, 5.41) is 8.79. The number of hydrogen-bond acceptors (Lipinski definition) is 4. The van der Waals surface area contributed by atoms with Gasteiger partial charge in [-0.2, -0.15) is 11.8 Å². The minimum absolute atomic E-state index is 0.0309. The fourth-order valence-electron chi connectivity index (χ4n) is 2.43. The van der Waals surface area contributed by atoms with E-state index >= 15 is 0 Å². The first kappa shape index (κ1) is 15.4. The van der Waals surface area contributed by atoms with E-state index < -0.39 is 0 Å². The van der Waals surface area contributed by atoms with Crippen LogP contribution in [0.15, 0.2) is 0 Å². The van der Waals surface area contributed by atoms with Crippen molar-refractivity contribution in [2.24, 2.45) is 0 Å². The Labute approximate surface area is 123 Å². The summed E-state index contributed by atoms with van der Waals surface area (Å²) in [5.74, 6) is 0.907. The molecule has 114 valence electrons. The number of hydrogen-bond donors (Lipinski definition) is 3. The zero-order chi connectivity index (χ0) is 14.4. The summed E-state index contributed by atoms with van der Waals surface area (Å²) in [6, 6.07) is 0.136. The maximum absolute atomic E-state index is 11.8. The van der Waals surface area contributed by atoms with Gasteiger partial charge in [0.05, 0.1) is 18.7 Å². The van der Waals surface area contributed by atoms with Crippen LogP contribution in [-0.2, 0) is 9.53 Å². The summed E-state index contributed by atoms with van der Waals surface area (Å²) in [7, 11) is 0. The Morgan fingerprint density at radius 3 is 3.10 bits per heavy atom. The Morgan fingerprint density at radius 1 is 1.45 bits per heavy atom.